The SMILES string of the molecule is COC(=O)c1cc(-c2csc(NC(=O)CNC(=O)[C@@H](N)C(C)C)n2)c[nH]1.Cl. The number of halogens is 1. The summed E-state index contributed by atoms with van der Waals surface area (Å²) < 4.78 is 4.63. The van der Waals surface area contributed by atoms with Crippen LogP contribution in [0.2, 0.25) is 0 Å². The third-order valence-corrected chi connectivity index (χ3v) is 4.34. The number of hydrogen-bond acceptors (Lipinski definition) is 7. The van der Waals surface area contributed by atoms with Crippen LogP contribution in [0.25, 0.3) is 11.3 Å². The lowest BCUT2D eigenvalue weighted by atomic mass is 10.1. The number of rotatable bonds is 7. The van der Waals surface area contributed by atoms with E-state index >= 15 is 0 Å². The highest BCUT2D eigenvalue weighted by Gasteiger charge is 2.18. The van der Waals surface area contributed by atoms with E-state index in [1.165, 1.54) is 18.4 Å². The van der Waals surface area contributed by atoms with Gasteiger partial charge in [0.05, 0.1) is 25.4 Å². The Hall–Kier alpha value is -2.43. The molecule has 2 heterocycles. The van der Waals surface area contributed by atoms with Crippen molar-refractivity contribution in [2.24, 2.45) is 11.7 Å². The number of nitrogens with zero attached hydrogens (tertiary/aromatic N) is 1. The van der Waals surface area contributed by atoms with Crippen LogP contribution in [0.1, 0.15) is 24.3 Å². The van der Waals surface area contributed by atoms with Gasteiger partial charge in [-0.15, -0.1) is 23.7 Å². The minimum Gasteiger partial charge on any atom is -0.464 e. The lowest BCUT2D eigenvalue weighted by molar-refractivity contribution is -0.125. The number of amides is 2. The summed E-state index contributed by atoms with van der Waals surface area (Å²) in [4.78, 5) is 42.2. The van der Waals surface area contributed by atoms with Gasteiger partial charge in [-0.2, -0.15) is 0 Å². The van der Waals surface area contributed by atoms with Crippen molar-refractivity contribution in [3.05, 3.63) is 23.3 Å². The Labute approximate surface area is 166 Å². The number of ether oxygens (including phenoxy) is 1. The van der Waals surface area contributed by atoms with Gasteiger partial charge >= 0.3 is 5.97 Å². The molecule has 27 heavy (non-hydrogen) atoms. The zero-order valence-corrected chi connectivity index (χ0v) is 16.7. The maximum Gasteiger partial charge on any atom is 0.354 e. The molecule has 2 aromatic heterocycles. The summed E-state index contributed by atoms with van der Waals surface area (Å²) in [6.45, 7) is 3.47. The molecule has 2 rings (SSSR count). The molecule has 0 radical (unpaired) electrons. The van der Waals surface area contributed by atoms with Crippen LogP contribution in [0, 0.1) is 5.92 Å². The van der Waals surface area contributed by atoms with Crippen LogP contribution in [0.3, 0.4) is 0 Å². The summed E-state index contributed by atoms with van der Waals surface area (Å²) in [5, 5.41) is 7.22. The Bertz CT molecular complexity index is 804. The molecule has 0 aromatic carbocycles. The zero-order valence-electron chi connectivity index (χ0n) is 15.1. The summed E-state index contributed by atoms with van der Waals surface area (Å²) in [6.07, 6.45) is 1.63. The predicted octanol–water partition coefficient (Wildman–Crippen LogP) is 1.38. The van der Waals surface area contributed by atoms with Crippen LogP contribution in [-0.4, -0.2) is 47.4 Å². The van der Waals surface area contributed by atoms with E-state index < -0.39 is 17.9 Å². The molecule has 0 unspecified atom stereocenters. The highest BCUT2D eigenvalue weighted by molar-refractivity contribution is 7.14. The summed E-state index contributed by atoms with van der Waals surface area (Å²) in [5.74, 6) is -1.27. The molecular formula is C16H22ClN5O4S. The number of methoxy groups -OCH3 is 1. The summed E-state index contributed by atoms with van der Waals surface area (Å²) in [6, 6.07) is 0.951. The number of aromatic nitrogens is 2. The number of nitrogens with one attached hydrogen (secondary N) is 3. The zero-order chi connectivity index (χ0) is 19.3. The molecule has 0 fully saturated rings. The highest BCUT2D eigenvalue weighted by atomic mass is 35.5. The van der Waals surface area contributed by atoms with Gasteiger partial charge in [0.1, 0.15) is 5.69 Å². The number of hydrogen-bond donors (Lipinski definition) is 4. The normalized spacial score (nSPS) is 11.4. The van der Waals surface area contributed by atoms with Gasteiger partial charge in [0.15, 0.2) is 5.13 Å². The average molecular weight is 416 g/mol. The molecule has 2 aromatic rings. The van der Waals surface area contributed by atoms with Crippen LogP contribution in [0.4, 0.5) is 5.13 Å². The van der Waals surface area contributed by atoms with Gasteiger partial charge in [-0.3, -0.25) is 9.59 Å². The van der Waals surface area contributed by atoms with Crippen LogP contribution in [0.5, 0.6) is 0 Å². The minimum atomic E-state index is -0.660. The first kappa shape index (κ1) is 22.6. The van der Waals surface area contributed by atoms with Crippen molar-refractivity contribution >= 4 is 46.7 Å². The topological polar surface area (TPSA) is 139 Å². The van der Waals surface area contributed by atoms with E-state index in [9.17, 15) is 14.4 Å². The van der Waals surface area contributed by atoms with Gasteiger partial charge in [0, 0.05) is 17.1 Å². The van der Waals surface area contributed by atoms with Crippen molar-refractivity contribution < 1.29 is 19.1 Å². The van der Waals surface area contributed by atoms with E-state index in [0.717, 1.165) is 0 Å². The molecule has 2 amide bonds. The van der Waals surface area contributed by atoms with E-state index in [2.05, 4.69) is 25.3 Å². The Balaban J connectivity index is 0.00000364. The number of carbonyl (C=O) groups is 3. The van der Waals surface area contributed by atoms with Gasteiger partial charge in [0.2, 0.25) is 11.8 Å². The lowest BCUT2D eigenvalue weighted by Crippen LogP contribution is -2.46. The van der Waals surface area contributed by atoms with Crippen LogP contribution < -0.4 is 16.4 Å². The van der Waals surface area contributed by atoms with Crippen molar-refractivity contribution in [3.63, 3.8) is 0 Å². The van der Waals surface area contributed by atoms with E-state index in [1.807, 2.05) is 13.8 Å². The smallest absolute Gasteiger partial charge is 0.354 e. The molecule has 11 heteroatoms. The number of nitrogens with two attached hydrogens (primary N) is 1. The number of aromatic amines is 1. The van der Waals surface area contributed by atoms with Gasteiger partial charge in [-0.05, 0) is 12.0 Å². The molecule has 0 aliphatic carbocycles. The first-order valence-corrected chi connectivity index (χ1v) is 8.75. The molecule has 0 saturated heterocycles. The van der Waals surface area contributed by atoms with Crippen molar-refractivity contribution in [1.29, 1.82) is 0 Å². The minimum absolute atomic E-state index is 0. The van der Waals surface area contributed by atoms with Crippen molar-refractivity contribution in [1.82, 2.24) is 15.3 Å². The monoisotopic (exact) mass is 415 g/mol. The van der Waals surface area contributed by atoms with E-state index in [-0.39, 0.29) is 30.8 Å². The molecule has 0 bridgehead atoms. The van der Waals surface area contributed by atoms with E-state index in [0.29, 0.717) is 22.1 Å². The van der Waals surface area contributed by atoms with Crippen molar-refractivity contribution in [2.75, 3.05) is 19.0 Å². The maximum atomic E-state index is 11.9. The first-order valence-electron chi connectivity index (χ1n) is 7.87. The first-order chi connectivity index (χ1) is 12.3. The summed E-state index contributed by atoms with van der Waals surface area (Å²) in [5.41, 5.74) is 7.31. The van der Waals surface area contributed by atoms with Crippen LogP contribution in [-0.2, 0) is 14.3 Å². The van der Waals surface area contributed by atoms with E-state index in [1.54, 1.807) is 17.6 Å². The lowest BCUT2D eigenvalue weighted by Gasteiger charge is -2.14. The Morgan fingerprint density at radius 2 is 2.07 bits per heavy atom. The average Bonchev–Trinajstić information content (AvgIpc) is 3.27. The highest BCUT2D eigenvalue weighted by Crippen LogP contribution is 2.25. The molecular weight excluding hydrogens is 394 g/mol. The second kappa shape index (κ2) is 10.0. The Morgan fingerprint density at radius 1 is 1.37 bits per heavy atom. The van der Waals surface area contributed by atoms with Gasteiger partial charge in [-0.1, -0.05) is 13.8 Å². The number of esters is 1. The molecule has 148 valence electrons. The molecule has 1 atom stereocenters. The third-order valence-electron chi connectivity index (χ3n) is 3.58. The number of carbonyl (C=O) groups excluding carboxylic acids is 3. The fourth-order valence-electron chi connectivity index (χ4n) is 1.99. The molecule has 5 N–H and O–H groups in total. The number of thiazole rings is 1. The Morgan fingerprint density at radius 3 is 2.70 bits per heavy atom. The molecule has 0 saturated carbocycles. The molecule has 0 spiro atoms. The van der Waals surface area contributed by atoms with Crippen LogP contribution in [0.15, 0.2) is 17.6 Å². The van der Waals surface area contributed by atoms with Gasteiger partial charge in [0.25, 0.3) is 0 Å². The maximum absolute atomic E-state index is 11.9. The Kier molecular flexibility index (Phi) is 8.41. The molecule has 0 aliphatic heterocycles. The van der Waals surface area contributed by atoms with Crippen LogP contribution >= 0.6 is 23.7 Å². The summed E-state index contributed by atoms with van der Waals surface area (Å²) in [7, 11) is 1.30. The molecule has 0 aliphatic rings. The second-order valence-corrected chi connectivity index (χ2v) is 6.73. The fourth-order valence-corrected chi connectivity index (χ4v) is 2.72. The molecule has 9 nitrogen and oxygen atoms in total. The van der Waals surface area contributed by atoms with Gasteiger partial charge < -0.3 is 26.1 Å². The largest absolute Gasteiger partial charge is 0.464 e. The fraction of sp³-hybridized carbons (Fsp3) is 0.375. The number of anilines is 1. The third kappa shape index (κ3) is 6.05. The second-order valence-electron chi connectivity index (χ2n) is 5.87. The van der Waals surface area contributed by atoms with Crippen molar-refractivity contribution in [3.8, 4) is 11.3 Å². The predicted molar refractivity (Wildman–Crippen MR) is 105 cm³/mol. The quantitative estimate of drug-likeness (QED) is 0.504. The van der Waals surface area contributed by atoms with Crippen molar-refractivity contribution in [2.45, 2.75) is 19.9 Å². The summed E-state index contributed by atoms with van der Waals surface area (Å²) >= 11 is 1.23. The number of H-pyrrole nitrogens is 1. The van der Waals surface area contributed by atoms with Gasteiger partial charge in [-0.25, -0.2) is 9.78 Å². The standard InChI is InChI=1S/C16H21N5O4S.ClH/c1-8(2)13(17)14(23)19-6-12(22)21-16-20-11(7-26-16)9-4-10(18-5-9)15(24)25-3;/h4-5,7-8,13,18H,6,17H2,1-3H3,(H,19,23)(H,20,21,22);1H/t13-;/m0./s1. The van der Waals surface area contributed by atoms with E-state index in [4.69, 9.17) is 5.73 Å².